The molecule has 0 saturated carbocycles. The highest BCUT2D eigenvalue weighted by Gasteiger charge is 2.35. The molecule has 0 aliphatic carbocycles. The highest BCUT2D eigenvalue weighted by Crippen LogP contribution is 2.27. The quantitative estimate of drug-likeness (QED) is 0.897. The summed E-state index contributed by atoms with van der Waals surface area (Å²) in [5.74, 6) is 0. The van der Waals surface area contributed by atoms with Crippen molar-refractivity contribution in [1.29, 1.82) is 0 Å². The maximum Gasteiger partial charge on any atom is 0.123 e. The van der Waals surface area contributed by atoms with E-state index in [4.69, 9.17) is 4.74 Å². The van der Waals surface area contributed by atoms with E-state index in [0.717, 1.165) is 37.8 Å². The van der Waals surface area contributed by atoms with E-state index in [1.807, 2.05) is 12.3 Å². The summed E-state index contributed by atoms with van der Waals surface area (Å²) >= 11 is 1.79. The average molecular weight is 374 g/mol. The van der Waals surface area contributed by atoms with Crippen LogP contribution in [-0.2, 0) is 11.3 Å². The number of ether oxygens (including phenoxy) is 1. The first-order valence-corrected chi connectivity index (χ1v) is 8.27. The molecular formula is C16H21Cl2N3OS. The molecule has 3 heterocycles. The minimum absolute atomic E-state index is 0. The van der Waals surface area contributed by atoms with Gasteiger partial charge in [-0.25, -0.2) is 4.98 Å². The van der Waals surface area contributed by atoms with Gasteiger partial charge in [0.25, 0.3) is 0 Å². The molecule has 2 fully saturated rings. The molecule has 1 N–H and O–H groups in total. The smallest absolute Gasteiger partial charge is 0.123 e. The van der Waals surface area contributed by atoms with Crippen molar-refractivity contribution < 1.29 is 4.74 Å². The Hall–Kier alpha value is -0.690. The summed E-state index contributed by atoms with van der Waals surface area (Å²) in [4.78, 5) is 8.36. The molecule has 2 saturated heterocycles. The number of benzene rings is 1. The van der Waals surface area contributed by atoms with Gasteiger partial charge in [0.2, 0.25) is 0 Å². The van der Waals surface area contributed by atoms with Gasteiger partial charge >= 0.3 is 0 Å². The second-order valence-electron chi connectivity index (χ2n) is 5.66. The van der Waals surface area contributed by atoms with Gasteiger partial charge in [0.1, 0.15) is 5.01 Å². The lowest BCUT2D eigenvalue weighted by Crippen LogP contribution is -2.47. The second kappa shape index (κ2) is 8.42. The monoisotopic (exact) mass is 373 g/mol. The summed E-state index contributed by atoms with van der Waals surface area (Å²) in [6.45, 7) is 4.89. The highest BCUT2D eigenvalue weighted by atomic mass is 35.5. The molecule has 0 spiro atoms. The molecule has 1 aromatic heterocycles. The minimum Gasteiger partial charge on any atom is -0.374 e. The number of rotatable bonds is 3. The van der Waals surface area contributed by atoms with Crippen LogP contribution < -0.4 is 5.32 Å². The lowest BCUT2D eigenvalue weighted by Gasteiger charge is -2.25. The Labute approximate surface area is 153 Å². The predicted molar refractivity (Wildman–Crippen MR) is 98.9 cm³/mol. The average Bonchev–Trinajstić information content (AvgIpc) is 3.14. The van der Waals surface area contributed by atoms with Gasteiger partial charge in [-0.2, -0.15) is 0 Å². The maximum atomic E-state index is 5.83. The summed E-state index contributed by atoms with van der Waals surface area (Å²) in [5.41, 5.74) is 1.20. The van der Waals surface area contributed by atoms with Crippen molar-refractivity contribution >= 4 is 36.2 Å². The van der Waals surface area contributed by atoms with Gasteiger partial charge in [-0.05, 0) is 0 Å². The lowest BCUT2D eigenvalue weighted by molar-refractivity contribution is 0.0175. The van der Waals surface area contributed by atoms with Gasteiger partial charge in [0, 0.05) is 48.9 Å². The molecule has 0 bridgehead atoms. The van der Waals surface area contributed by atoms with Crippen molar-refractivity contribution in [2.45, 2.75) is 18.7 Å². The van der Waals surface area contributed by atoms with Gasteiger partial charge in [-0.15, -0.1) is 36.2 Å². The number of likely N-dealkylation sites (tertiary alicyclic amines) is 1. The molecule has 1 aromatic carbocycles. The molecule has 2 aliphatic rings. The van der Waals surface area contributed by atoms with Crippen LogP contribution in [0.25, 0.3) is 10.6 Å². The first-order chi connectivity index (χ1) is 10.4. The lowest BCUT2D eigenvalue weighted by atomic mass is 10.2. The number of halogens is 2. The predicted octanol–water partition coefficient (Wildman–Crippen LogP) is 2.83. The van der Waals surface area contributed by atoms with E-state index in [9.17, 15) is 0 Å². The number of hydrogen-bond donors (Lipinski definition) is 1. The van der Waals surface area contributed by atoms with Gasteiger partial charge in [-0.1, -0.05) is 30.3 Å². The Morgan fingerprint density at radius 3 is 2.83 bits per heavy atom. The normalized spacial score (nSPS) is 23.7. The SMILES string of the molecule is Cl.Cl.c1ccc(-c2ncc(CN3C[C@@H]4NCCO[C@H]4C3)s2)cc1. The van der Waals surface area contributed by atoms with E-state index in [2.05, 4.69) is 39.5 Å². The van der Waals surface area contributed by atoms with Crippen LogP contribution in [0.2, 0.25) is 0 Å². The molecule has 0 radical (unpaired) electrons. The van der Waals surface area contributed by atoms with Gasteiger partial charge in [0.05, 0.1) is 12.7 Å². The first-order valence-electron chi connectivity index (χ1n) is 7.46. The van der Waals surface area contributed by atoms with Crippen LogP contribution in [0.3, 0.4) is 0 Å². The Balaban J connectivity index is 0.000000960. The number of fused-ring (bicyclic) bond motifs is 1. The largest absolute Gasteiger partial charge is 0.374 e. The fraction of sp³-hybridized carbons (Fsp3) is 0.438. The van der Waals surface area contributed by atoms with Gasteiger partial charge < -0.3 is 10.1 Å². The van der Waals surface area contributed by atoms with Crippen molar-refractivity contribution in [1.82, 2.24) is 15.2 Å². The van der Waals surface area contributed by atoms with E-state index in [1.54, 1.807) is 11.3 Å². The summed E-state index contributed by atoms with van der Waals surface area (Å²) < 4.78 is 5.83. The number of aromatic nitrogens is 1. The zero-order chi connectivity index (χ0) is 14.1. The Kier molecular flexibility index (Phi) is 6.83. The second-order valence-corrected chi connectivity index (χ2v) is 6.78. The first kappa shape index (κ1) is 18.6. The van der Waals surface area contributed by atoms with Crippen molar-refractivity contribution in [2.75, 3.05) is 26.2 Å². The summed E-state index contributed by atoms with van der Waals surface area (Å²) in [6.07, 6.45) is 2.38. The van der Waals surface area contributed by atoms with Crippen molar-refractivity contribution in [2.24, 2.45) is 0 Å². The highest BCUT2D eigenvalue weighted by molar-refractivity contribution is 7.15. The molecule has 2 atom stereocenters. The van der Waals surface area contributed by atoms with Crippen LogP contribution in [0.15, 0.2) is 36.5 Å². The molecule has 4 rings (SSSR count). The zero-order valence-corrected chi connectivity index (χ0v) is 15.1. The van der Waals surface area contributed by atoms with Crippen LogP contribution >= 0.6 is 36.2 Å². The Morgan fingerprint density at radius 2 is 2.04 bits per heavy atom. The molecule has 2 aromatic rings. The van der Waals surface area contributed by atoms with Crippen molar-refractivity contribution in [3.8, 4) is 10.6 Å². The number of thiazole rings is 1. The molecule has 126 valence electrons. The topological polar surface area (TPSA) is 37.4 Å². The van der Waals surface area contributed by atoms with Crippen molar-refractivity contribution in [3.05, 3.63) is 41.4 Å². The van der Waals surface area contributed by atoms with Crippen LogP contribution in [-0.4, -0.2) is 48.3 Å². The zero-order valence-electron chi connectivity index (χ0n) is 12.7. The molecule has 0 unspecified atom stereocenters. The molecule has 0 amide bonds. The molecular weight excluding hydrogens is 353 g/mol. The van der Waals surface area contributed by atoms with E-state index < -0.39 is 0 Å². The van der Waals surface area contributed by atoms with E-state index in [1.165, 1.54) is 10.4 Å². The fourth-order valence-electron chi connectivity index (χ4n) is 3.12. The number of hydrogen-bond acceptors (Lipinski definition) is 5. The summed E-state index contributed by atoms with van der Waals surface area (Å²) in [7, 11) is 0. The number of nitrogens with zero attached hydrogens (tertiary/aromatic N) is 2. The molecule has 2 aliphatic heterocycles. The third kappa shape index (κ3) is 4.24. The van der Waals surface area contributed by atoms with Gasteiger partial charge in [-0.3, -0.25) is 4.90 Å². The molecule has 4 nitrogen and oxygen atoms in total. The number of nitrogens with one attached hydrogen (secondary N) is 1. The van der Waals surface area contributed by atoms with Crippen molar-refractivity contribution in [3.63, 3.8) is 0 Å². The van der Waals surface area contributed by atoms with E-state index in [-0.39, 0.29) is 24.8 Å². The Bertz CT molecular complexity index is 596. The number of morpholine rings is 1. The van der Waals surface area contributed by atoms with Crippen LogP contribution in [0.1, 0.15) is 4.88 Å². The third-order valence-electron chi connectivity index (χ3n) is 4.14. The van der Waals surface area contributed by atoms with Crippen LogP contribution in [0, 0.1) is 0 Å². The van der Waals surface area contributed by atoms with E-state index in [0.29, 0.717) is 12.1 Å². The summed E-state index contributed by atoms with van der Waals surface area (Å²) in [5, 5.41) is 4.66. The van der Waals surface area contributed by atoms with E-state index >= 15 is 0 Å². The summed E-state index contributed by atoms with van der Waals surface area (Å²) in [6, 6.07) is 10.9. The third-order valence-corrected chi connectivity index (χ3v) is 5.17. The minimum atomic E-state index is 0. The molecule has 7 heteroatoms. The van der Waals surface area contributed by atoms with Gasteiger partial charge in [0.15, 0.2) is 0 Å². The molecule has 23 heavy (non-hydrogen) atoms. The maximum absolute atomic E-state index is 5.83. The van der Waals surface area contributed by atoms with Crippen LogP contribution in [0.5, 0.6) is 0 Å². The standard InChI is InChI=1S/C16H19N3OS.2ClH/c1-2-4-12(5-3-1)16-18-8-13(21-16)9-19-10-14-15(11-19)20-7-6-17-14;;/h1-5,8,14-15,17H,6-7,9-11H2;2*1H/t14-,15-;;/m0../s1. The fourth-order valence-corrected chi connectivity index (χ4v) is 4.08. The van der Waals surface area contributed by atoms with Crippen LogP contribution in [0.4, 0.5) is 0 Å². The Morgan fingerprint density at radius 1 is 1.22 bits per heavy atom.